The lowest BCUT2D eigenvalue weighted by Gasteiger charge is -2.30. The van der Waals surface area contributed by atoms with Crippen molar-refractivity contribution in [2.75, 3.05) is 19.7 Å². The first kappa shape index (κ1) is 19.2. The minimum absolute atomic E-state index is 0.199. The van der Waals surface area contributed by atoms with Crippen LogP contribution in [0.1, 0.15) is 53.4 Å². The van der Waals surface area contributed by atoms with Crippen molar-refractivity contribution in [1.82, 2.24) is 10.6 Å². The first-order valence-electron chi connectivity index (χ1n) is 8.34. The van der Waals surface area contributed by atoms with Crippen LogP contribution in [0.5, 0.6) is 0 Å². The zero-order valence-electron chi connectivity index (χ0n) is 14.5. The van der Waals surface area contributed by atoms with Crippen LogP contribution in [-0.2, 0) is 9.47 Å². The fourth-order valence-electron chi connectivity index (χ4n) is 2.46. The minimum Gasteiger partial charge on any atom is -0.444 e. The fourth-order valence-corrected chi connectivity index (χ4v) is 2.46. The Morgan fingerprint density at radius 2 is 1.91 bits per heavy atom. The molecular formula is C16H33N3O3. The largest absolute Gasteiger partial charge is 0.444 e. The first-order valence-corrected chi connectivity index (χ1v) is 8.34. The summed E-state index contributed by atoms with van der Waals surface area (Å²) in [6.45, 7) is 9.85. The smallest absolute Gasteiger partial charge is 0.407 e. The van der Waals surface area contributed by atoms with Gasteiger partial charge in [-0.25, -0.2) is 4.79 Å². The van der Waals surface area contributed by atoms with Crippen molar-refractivity contribution in [3.8, 4) is 0 Å². The molecule has 6 heteroatoms. The molecule has 0 heterocycles. The van der Waals surface area contributed by atoms with Crippen LogP contribution in [0.25, 0.3) is 0 Å². The van der Waals surface area contributed by atoms with Crippen LogP contribution in [0.2, 0.25) is 0 Å². The zero-order valence-corrected chi connectivity index (χ0v) is 14.5. The second-order valence-electron chi connectivity index (χ2n) is 7.08. The van der Waals surface area contributed by atoms with Gasteiger partial charge in [0.05, 0.1) is 12.7 Å². The summed E-state index contributed by atoms with van der Waals surface area (Å²) in [5.41, 5.74) is 5.10. The van der Waals surface area contributed by atoms with E-state index in [0.29, 0.717) is 25.3 Å². The van der Waals surface area contributed by atoms with E-state index in [9.17, 15) is 4.79 Å². The number of nitrogens with two attached hydrogens (primary N) is 1. The number of amides is 1. The predicted molar refractivity (Wildman–Crippen MR) is 87.9 cm³/mol. The second kappa shape index (κ2) is 9.33. The number of carbonyl (C=O) groups is 1. The highest BCUT2D eigenvalue weighted by atomic mass is 16.6. The summed E-state index contributed by atoms with van der Waals surface area (Å²) in [5.74, 6) is 0. The number of carbonyl (C=O) groups excluding carboxylic acids is 1. The van der Waals surface area contributed by atoms with Crippen LogP contribution in [0.4, 0.5) is 4.79 Å². The summed E-state index contributed by atoms with van der Waals surface area (Å²) in [7, 11) is 0. The van der Waals surface area contributed by atoms with Crippen LogP contribution in [0.15, 0.2) is 0 Å². The van der Waals surface area contributed by atoms with E-state index in [1.807, 2.05) is 20.8 Å². The molecule has 1 rings (SSSR count). The van der Waals surface area contributed by atoms with E-state index in [2.05, 4.69) is 17.6 Å². The molecule has 1 unspecified atom stereocenters. The second-order valence-corrected chi connectivity index (χ2v) is 7.08. The number of alkyl carbamates (subject to hydrolysis) is 1. The highest BCUT2D eigenvalue weighted by Crippen LogP contribution is 2.21. The lowest BCUT2D eigenvalue weighted by Crippen LogP contribution is -2.42. The Bertz CT molecular complexity index is 323. The van der Waals surface area contributed by atoms with Gasteiger partial charge >= 0.3 is 6.09 Å². The molecule has 0 aromatic heterocycles. The molecule has 0 spiro atoms. The maximum atomic E-state index is 11.7. The third-order valence-electron chi connectivity index (χ3n) is 3.70. The van der Waals surface area contributed by atoms with Crippen LogP contribution in [0, 0.1) is 0 Å². The highest BCUT2D eigenvalue weighted by Gasteiger charge is 2.24. The van der Waals surface area contributed by atoms with Gasteiger partial charge in [0, 0.05) is 25.2 Å². The third-order valence-corrected chi connectivity index (χ3v) is 3.70. The van der Waals surface area contributed by atoms with E-state index >= 15 is 0 Å². The molecule has 1 atom stereocenters. The summed E-state index contributed by atoms with van der Waals surface area (Å²) in [6.07, 6.45) is 3.82. The first-order chi connectivity index (χ1) is 10.3. The van der Waals surface area contributed by atoms with E-state index in [4.69, 9.17) is 15.2 Å². The summed E-state index contributed by atoms with van der Waals surface area (Å²) >= 11 is 0. The molecule has 1 fully saturated rings. The zero-order chi connectivity index (χ0) is 16.6. The van der Waals surface area contributed by atoms with Crippen molar-refractivity contribution < 1.29 is 14.3 Å². The summed E-state index contributed by atoms with van der Waals surface area (Å²) < 4.78 is 11.1. The average molecular weight is 315 g/mol. The molecular weight excluding hydrogens is 282 g/mol. The molecule has 4 N–H and O–H groups in total. The van der Waals surface area contributed by atoms with Crippen molar-refractivity contribution in [2.24, 2.45) is 5.73 Å². The molecule has 1 aliphatic rings. The molecule has 0 saturated heterocycles. The van der Waals surface area contributed by atoms with Gasteiger partial charge in [0.15, 0.2) is 0 Å². The Morgan fingerprint density at radius 1 is 1.27 bits per heavy atom. The highest BCUT2D eigenvalue weighted by molar-refractivity contribution is 5.68. The topological polar surface area (TPSA) is 85.6 Å². The molecule has 0 aromatic carbocycles. The summed E-state index contributed by atoms with van der Waals surface area (Å²) in [6, 6.07) is 0.530. The van der Waals surface area contributed by atoms with Gasteiger partial charge in [-0.1, -0.05) is 0 Å². The number of hydrogen-bond acceptors (Lipinski definition) is 5. The van der Waals surface area contributed by atoms with Crippen molar-refractivity contribution in [2.45, 2.75) is 77.2 Å². The van der Waals surface area contributed by atoms with Gasteiger partial charge in [-0.2, -0.15) is 0 Å². The van der Waals surface area contributed by atoms with Crippen molar-refractivity contribution in [1.29, 1.82) is 0 Å². The molecule has 22 heavy (non-hydrogen) atoms. The lowest BCUT2D eigenvalue weighted by molar-refractivity contribution is 0.0189. The summed E-state index contributed by atoms with van der Waals surface area (Å²) in [4.78, 5) is 11.7. The maximum Gasteiger partial charge on any atom is 0.407 e. The van der Waals surface area contributed by atoms with Crippen LogP contribution >= 0.6 is 0 Å². The van der Waals surface area contributed by atoms with Crippen LogP contribution < -0.4 is 16.4 Å². The molecule has 0 aliphatic heterocycles. The normalized spacial score (nSPS) is 23.9. The maximum absolute atomic E-state index is 11.7. The molecule has 0 radical (unpaired) electrons. The van der Waals surface area contributed by atoms with Gasteiger partial charge in [-0.3, -0.25) is 0 Å². The van der Waals surface area contributed by atoms with Gasteiger partial charge in [-0.15, -0.1) is 0 Å². The Morgan fingerprint density at radius 3 is 2.45 bits per heavy atom. The number of ether oxygens (including phenoxy) is 2. The quantitative estimate of drug-likeness (QED) is 0.624. The minimum atomic E-state index is -0.446. The number of nitrogens with one attached hydrogen (secondary N) is 2. The van der Waals surface area contributed by atoms with Gasteiger partial charge in [0.25, 0.3) is 0 Å². The van der Waals surface area contributed by atoms with E-state index in [1.165, 1.54) is 0 Å². The average Bonchev–Trinajstić information content (AvgIpc) is 2.43. The number of rotatable bonds is 7. The van der Waals surface area contributed by atoms with E-state index in [0.717, 1.165) is 32.2 Å². The predicted octanol–water partition coefficient (Wildman–Crippen LogP) is 1.78. The van der Waals surface area contributed by atoms with E-state index < -0.39 is 5.60 Å². The molecule has 130 valence electrons. The van der Waals surface area contributed by atoms with Gasteiger partial charge in [0.2, 0.25) is 0 Å². The standard InChI is InChI=1S/C16H33N3O3/c1-12(11-17)18-9-10-21-14-7-5-13(6-8-14)19-15(20)22-16(2,3)4/h12-14,18H,5-11,17H2,1-4H3,(H,19,20). The monoisotopic (exact) mass is 315 g/mol. The Hall–Kier alpha value is -0.850. The van der Waals surface area contributed by atoms with Gasteiger partial charge in [0.1, 0.15) is 5.60 Å². The van der Waals surface area contributed by atoms with Crippen LogP contribution in [-0.4, -0.2) is 49.6 Å². The molecule has 0 bridgehead atoms. The van der Waals surface area contributed by atoms with E-state index in [-0.39, 0.29) is 12.1 Å². The van der Waals surface area contributed by atoms with Crippen molar-refractivity contribution in [3.05, 3.63) is 0 Å². The molecule has 6 nitrogen and oxygen atoms in total. The Labute approximate surface area is 134 Å². The van der Waals surface area contributed by atoms with E-state index in [1.54, 1.807) is 0 Å². The van der Waals surface area contributed by atoms with Crippen molar-refractivity contribution in [3.63, 3.8) is 0 Å². The lowest BCUT2D eigenvalue weighted by atomic mass is 9.93. The summed E-state index contributed by atoms with van der Waals surface area (Å²) in [5, 5.41) is 6.25. The van der Waals surface area contributed by atoms with Gasteiger partial charge < -0.3 is 25.8 Å². The molecule has 1 saturated carbocycles. The van der Waals surface area contributed by atoms with Crippen molar-refractivity contribution >= 4 is 6.09 Å². The Balaban J connectivity index is 2.12. The fraction of sp³-hybridized carbons (Fsp3) is 0.938. The Kier molecular flexibility index (Phi) is 8.14. The van der Waals surface area contributed by atoms with Gasteiger partial charge in [-0.05, 0) is 53.4 Å². The SMILES string of the molecule is CC(CN)NCCOC1CCC(NC(=O)OC(C)(C)C)CC1. The number of hydrogen-bond donors (Lipinski definition) is 3. The molecule has 0 aromatic rings. The van der Waals surface area contributed by atoms with Crippen LogP contribution in [0.3, 0.4) is 0 Å². The third kappa shape index (κ3) is 8.56. The molecule has 1 amide bonds. The molecule has 1 aliphatic carbocycles.